The predicted octanol–water partition coefficient (Wildman–Crippen LogP) is 2.24. The Morgan fingerprint density at radius 2 is 1.93 bits per heavy atom. The van der Waals surface area contributed by atoms with Crippen LogP contribution in [0, 0.1) is 0 Å². The summed E-state index contributed by atoms with van der Waals surface area (Å²) in [7, 11) is 0. The van der Waals surface area contributed by atoms with Crippen LogP contribution in [0.1, 0.15) is 12.5 Å². The first-order chi connectivity index (χ1) is 14.2. The molecule has 2 N–H and O–H groups in total. The van der Waals surface area contributed by atoms with Gasteiger partial charge in [-0.15, -0.1) is 5.10 Å². The molecule has 0 radical (unpaired) electrons. The quantitative estimate of drug-likeness (QED) is 0.706. The molecular formula is C20H17N5O4. The van der Waals surface area contributed by atoms with Crippen LogP contribution in [-0.2, 0) is 9.59 Å². The van der Waals surface area contributed by atoms with E-state index >= 15 is 0 Å². The minimum Gasteiger partial charge on any atom is -0.486 e. The Bertz CT molecular complexity index is 1100. The number of hydrogen-bond acceptors (Lipinski definition) is 6. The van der Waals surface area contributed by atoms with Crippen LogP contribution in [0.3, 0.4) is 0 Å². The van der Waals surface area contributed by atoms with E-state index in [4.69, 9.17) is 9.47 Å². The molecule has 0 spiro atoms. The summed E-state index contributed by atoms with van der Waals surface area (Å²) in [5.74, 6) is 1.44. The number of aromatic nitrogens is 3. The molecule has 2 aliphatic rings. The van der Waals surface area contributed by atoms with Crippen molar-refractivity contribution in [3.63, 3.8) is 0 Å². The van der Waals surface area contributed by atoms with E-state index in [0.29, 0.717) is 42.2 Å². The number of hydrogen-bond donors (Lipinski definition) is 2. The van der Waals surface area contributed by atoms with Crippen molar-refractivity contribution in [1.82, 2.24) is 14.8 Å². The zero-order valence-corrected chi connectivity index (χ0v) is 15.3. The summed E-state index contributed by atoms with van der Waals surface area (Å²) in [6, 6.07) is 13.9. The van der Waals surface area contributed by atoms with E-state index in [2.05, 4.69) is 20.7 Å². The smallest absolute Gasteiger partial charge is 0.252 e. The number of ether oxygens (including phenoxy) is 2. The Morgan fingerprint density at radius 3 is 2.76 bits per heavy atom. The maximum atomic E-state index is 12.5. The summed E-state index contributed by atoms with van der Waals surface area (Å²) in [6.45, 7) is 0.964. The van der Waals surface area contributed by atoms with E-state index in [1.165, 1.54) is 4.68 Å². The summed E-state index contributed by atoms with van der Waals surface area (Å²) in [4.78, 5) is 29.2. The van der Waals surface area contributed by atoms with Gasteiger partial charge in [0.15, 0.2) is 17.3 Å². The largest absolute Gasteiger partial charge is 0.486 e. The van der Waals surface area contributed by atoms with Gasteiger partial charge in [0.1, 0.15) is 19.3 Å². The highest BCUT2D eigenvalue weighted by molar-refractivity contribution is 6.01. The van der Waals surface area contributed by atoms with Gasteiger partial charge in [-0.05, 0) is 12.1 Å². The van der Waals surface area contributed by atoms with Gasteiger partial charge in [-0.3, -0.25) is 14.9 Å². The van der Waals surface area contributed by atoms with E-state index in [9.17, 15) is 9.59 Å². The Morgan fingerprint density at radius 1 is 1.14 bits per heavy atom. The highest BCUT2D eigenvalue weighted by atomic mass is 16.6. The van der Waals surface area contributed by atoms with Crippen molar-refractivity contribution in [2.24, 2.45) is 0 Å². The lowest BCUT2D eigenvalue weighted by molar-refractivity contribution is -0.123. The van der Waals surface area contributed by atoms with Gasteiger partial charge >= 0.3 is 0 Å². The van der Waals surface area contributed by atoms with Crippen LogP contribution < -0.4 is 20.1 Å². The number of carbonyl (C=O) groups is 2. The average Bonchev–Trinajstić information content (AvgIpc) is 3.27. The molecule has 29 heavy (non-hydrogen) atoms. The molecule has 9 heteroatoms. The second-order valence-electron chi connectivity index (χ2n) is 6.69. The third-order valence-corrected chi connectivity index (χ3v) is 4.70. The first kappa shape index (κ1) is 17.2. The van der Waals surface area contributed by atoms with Crippen molar-refractivity contribution >= 4 is 23.5 Å². The molecule has 146 valence electrons. The zero-order chi connectivity index (χ0) is 19.8. The molecule has 0 fully saturated rings. The summed E-state index contributed by atoms with van der Waals surface area (Å²) in [5.41, 5.74) is 1.41. The Kier molecular flexibility index (Phi) is 4.12. The van der Waals surface area contributed by atoms with Crippen molar-refractivity contribution in [3.05, 3.63) is 48.5 Å². The van der Waals surface area contributed by atoms with Crippen molar-refractivity contribution < 1.29 is 19.1 Å². The number of rotatable bonds is 4. The number of amides is 2. The van der Waals surface area contributed by atoms with E-state index in [1.54, 1.807) is 18.2 Å². The fraction of sp³-hybridized carbons (Fsp3) is 0.200. The van der Waals surface area contributed by atoms with Crippen molar-refractivity contribution in [2.75, 3.05) is 23.8 Å². The van der Waals surface area contributed by atoms with Gasteiger partial charge in [-0.2, -0.15) is 4.98 Å². The number of nitrogens with zero attached hydrogens (tertiary/aromatic N) is 3. The van der Waals surface area contributed by atoms with Crippen LogP contribution in [0.4, 0.5) is 11.6 Å². The molecule has 3 heterocycles. The van der Waals surface area contributed by atoms with E-state index in [0.717, 1.165) is 5.56 Å². The highest BCUT2D eigenvalue weighted by Crippen LogP contribution is 2.33. The molecule has 1 unspecified atom stereocenters. The topological polar surface area (TPSA) is 107 Å². The fourth-order valence-corrected chi connectivity index (χ4v) is 3.33. The molecule has 9 nitrogen and oxygen atoms in total. The predicted molar refractivity (Wildman–Crippen MR) is 104 cm³/mol. The third-order valence-electron chi connectivity index (χ3n) is 4.70. The van der Waals surface area contributed by atoms with Crippen LogP contribution in [0.25, 0.3) is 11.4 Å². The van der Waals surface area contributed by atoms with Crippen LogP contribution in [0.5, 0.6) is 11.5 Å². The Labute approximate surface area is 165 Å². The standard InChI is InChI=1S/C20H17N5O4/c26-17(21-13-6-7-15-16(10-13)29-9-8-28-15)11-14-19(27)23-20-22-18(24-25(14)20)12-4-2-1-3-5-12/h1-7,10,14H,8-9,11H2,(H,21,26)(H,22,23,24,27). The molecule has 2 amide bonds. The van der Waals surface area contributed by atoms with E-state index in [1.807, 2.05) is 30.3 Å². The van der Waals surface area contributed by atoms with Gasteiger partial charge in [0, 0.05) is 17.3 Å². The normalized spacial score (nSPS) is 16.8. The summed E-state index contributed by atoms with van der Waals surface area (Å²) in [5, 5.41) is 9.89. The van der Waals surface area contributed by atoms with Crippen LogP contribution >= 0.6 is 0 Å². The van der Waals surface area contributed by atoms with Gasteiger partial charge in [0.25, 0.3) is 5.91 Å². The first-order valence-electron chi connectivity index (χ1n) is 9.20. The number of benzene rings is 2. The van der Waals surface area contributed by atoms with Gasteiger partial charge in [0.05, 0.1) is 6.42 Å². The summed E-state index contributed by atoms with van der Waals surface area (Å²) < 4.78 is 12.5. The van der Waals surface area contributed by atoms with Gasteiger partial charge in [-0.1, -0.05) is 30.3 Å². The third kappa shape index (κ3) is 3.27. The summed E-state index contributed by atoms with van der Waals surface area (Å²) in [6.07, 6.45) is -0.0646. The molecular weight excluding hydrogens is 374 g/mol. The number of nitrogens with one attached hydrogen (secondary N) is 2. The van der Waals surface area contributed by atoms with Gasteiger partial charge < -0.3 is 14.8 Å². The lowest BCUT2D eigenvalue weighted by Gasteiger charge is -2.19. The highest BCUT2D eigenvalue weighted by Gasteiger charge is 2.35. The Hall–Kier alpha value is -3.88. The number of anilines is 2. The van der Waals surface area contributed by atoms with E-state index in [-0.39, 0.29) is 18.2 Å². The SMILES string of the molecule is O=C(CC1C(=O)Nc2nc(-c3ccccc3)nn21)Nc1ccc2c(c1)OCCO2. The van der Waals surface area contributed by atoms with Gasteiger partial charge in [0.2, 0.25) is 11.9 Å². The first-order valence-corrected chi connectivity index (χ1v) is 9.20. The van der Waals surface area contributed by atoms with Crippen LogP contribution in [0.15, 0.2) is 48.5 Å². The molecule has 0 aliphatic carbocycles. The Balaban J connectivity index is 1.31. The molecule has 2 aliphatic heterocycles. The maximum absolute atomic E-state index is 12.5. The second kappa shape index (κ2) is 6.93. The molecule has 2 aromatic carbocycles. The molecule has 0 saturated heterocycles. The molecule has 0 bridgehead atoms. The lowest BCUT2D eigenvalue weighted by atomic mass is 10.2. The molecule has 5 rings (SSSR count). The summed E-state index contributed by atoms with van der Waals surface area (Å²) >= 11 is 0. The average molecular weight is 391 g/mol. The minimum absolute atomic E-state index is 0.0646. The molecule has 0 saturated carbocycles. The van der Waals surface area contributed by atoms with Gasteiger partial charge in [-0.25, -0.2) is 4.68 Å². The maximum Gasteiger partial charge on any atom is 0.252 e. The minimum atomic E-state index is -0.757. The van der Waals surface area contributed by atoms with Crippen molar-refractivity contribution in [1.29, 1.82) is 0 Å². The number of carbonyl (C=O) groups excluding carboxylic acids is 2. The monoisotopic (exact) mass is 391 g/mol. The van der Waals surface area contributed by atoms with E-state index < -0.39 is 6.04 Å². The van der Waals surface area contributed by atoms with Crippen LogP contribution in [-0.4, -0.2) is 39.8 Å². The fourth-order valence-electron chi connectivity index (χ4n) is 3.33. The van der Waals surface area contributed by atoms with Crippen molar-refractivity contribution in [2.45, 2.75) is 12.5 Å². The van der Waals surface area contributed by atoms with Crippen LogP contribution in [0.2, 0.25) is 0 Å². The molecule has 3 aromatic rings. The number of fused-ring (bicyclic) bond motifs is 2. The molecule has 1 atom stereocenters. The lowest BCUT2D eigenvalue weighted by Crippen LogP contribution is -2.24. The second-order valence-corrected chi connectivity index (χ2v) is 6.69. The molecule has 1 aromatic heterocycles. The zero-order valence-electron chi connectivity index (χ0n) is 15.3. The van der Waals surface area contributed by atoms with Crippen molar-refractivity contribution in [3.8, 4) is 22.9 Å².